The highest BCUT2D eigenvalue weighted by Gasteiger charge is 2.48. The molecule has 1 aliphatic carbocycles. The number of nitrogens with one attached hydrogen (secondary N) is 1. The number of carbonyl (C=O) groups excluding carboxylic acids is 1. The van der Waals surface area contributed by atoms with Crippen molar-refractivity contribution in [1.29, 1.82) is 0 Å². The number of carboxylic acids is 1. The minimum atomic E-state index is -0.902. The van der Waals surface area contributed by atoms with Crippen LogP contribution in [0.5, 0.6) is 5.88 Å². The summed E-state index contributed by atoms with van der Waals surface area (Å²) in [5.74, 6) is -1.53. The number of aromatic nitrogens is 1. The van der Waals surface area contributed by atoms with Gasteiger partial charge < -0.3 is 15.2 Å². The normalized spacial score (nSPS) is 21.2. The molecular weight excluding hydrogens is 236 g/mol. The molecule has 18 heavy (non-hydrogen) atoms. The molecule has 6 heteroatoms. The monoisotopic (exact) mass is 250 g/mol. The maximum Gasteiger partial charge on any atom is 0.307 e. The first-order chi connectivity index (χ1) is 8.61. The zero-order valence-electron chi connectivity index (χ0n) is 9.92. The molecule has 0 aromatic carbocycles. The second-order valence-corrected chi connectivity index (χ2v) is 4.21. The molecule has 6 nitrogen and oxygen atoms in total. The van der Waals surface area contributed by atoms with Gasteiger partial charge >= 0.3 is 5.97 Å². The summed E-state index contributed by atoms with van der Waals surface area (Å²) < 4.78 is 4.97. The van der Waals surface area contributed by atoms with Crippen molar-refractivity contribution in [3.63, 3.8) is 0 Å². The van der Waals surface area contributed by atoms with E-state index >= 15 is 0 Å². The van der Waals surface area contributed by atoms with Crippen molar-refractivity contribution >= 4 is 11.9 Å². The Hall–Kier alpha value is -2.11. The molecule has 0 bridgehead atoms. The van der Waals surface area contributed by atoms with Gasteiger partial charge in [-0.25, -0.2) is 4.98 Å². The maximum atomic E-state index is 11.6. The van der Waals surface area contributed by atoms with Crippen molar-refractivity contribution in [2.45, 2.75) is 13.0 Å². The SMILES string of the molecule is COc1cc(CNC(=O)C2CC2C(=O)O)ccn1. The van der Waals surface area contributed by atoms with E-state index in [0.29, 0.717) is 18.8 Å². The van der Waals surface area contributed by atoms with E-state index in [0.717, 1.165) is 5.56 Å². The van der Waals surface area contributed by atoms with Gasteiger partial charge in [-0.2, -0.15) is 0 Å². The van der Waals surface area contributed by atoms with Crippen molar-refractivity contribution in [2.24, 2.45) is 11.8 Å². The minimum Gasteiger partial charge on any atom is -0.481 e. The van der Waals surface area contributed by atoms with Crippen LogP contribution in [-0.4, -0.2) is 29.1 Å². The number of carboxylic acid groups (broad SMARTS) is 1. The average Bonchev–Trinajstić information content (AvgIpc) is 3.16. The van der Waals surface area contributed by atoms with E-state index in [2.05, 4.69) is 10.3 Å². The number of hydrogen-bond acceptors (Lipinski definition) is 4. The zero-order chi connectivity index (χ0) is 13.1. The predicted molar refractivity (Wildman–Crippen MR) is 61.9 cm³/mol. The topological polar surface area (TPSA) is 88.5 Å². The van der Waals surface area contributed by atoms with Crippen LogP contribution in [0.4, 0.5) is 0 Å². The number of pyridine rings is 1. The van der Waals surface area contributed by atoms with Gasteiger partial charge in [-0.1, -0.05) is 0 Å². The van der Waals surface area contributed by atoms with Gasteiger partial charge in [0.2, 0.25) is 11.8 Å². The van der Waals surface area contributed by atoms with E-state index in [1.54, 1.807) is 18.3 Å². The lowest BCUT2D eigenvalue weighted by atomic mass is 10.2. The number of amides is 1. The number of methoxy groups -OCH3 is 1. The van der Waals surface area contributed by atoms with Crippen LogP contribution in [0.1, 0.15) is 12.0 Å². The quantitative estimate of drug-likeness (QED) is 0.791. The molecule has 2 rings (SSSR count). The summed E-state index contributed by atoms with van der Waals surface area (Å²) in [5.41, 5.74) is 0.864. The fourth-order valence-corrected chi connectivity index (χ4v) is 1.75. The average molecular weight is 250 g/mol. The number of aliphatic carboxylic acids is 1. The Labute approximate surface area is 104 Å². The van der Waals surface area contributed by atoms with Crippen LogP contribution in [0.2, 0.25) is 0 Å². The molecule has 1 heterocycles. The molecule has 2 N–H and O–H groups in total. The molecule has 0 spiro atoms. The summed E-state index contributed by atoms with van der Waals surface area (Å²) in [5, 5.41) is 11.4. The Morgan fingerprint density at radius 1 is 1.56 bits per heavy atom. The zero-order valence-corrected chi connectivity index (χ0v) is 9.92. The molecule has 96 valence electrons. The minimum absolute atomic E-state index is 0.210. The highest BCUT2D eigenvalue weighted by molar-refractivity contribution is 5.89. The van der Waals surface area contributed by atoms with Gasteiger partial charge in [-0.3, -0.25) is 9.59 Å². The number of carbonyl (C=O) groups is 2. The Morgan fingerprint density at radius 2 is 2.33 bits per heavy atom. The van der Waals surface area contributed by atoms with Gasteiger partial charge in [0.05, 0.1) is 18.9 Å². The van der Waals surface area contributed by atoms with Crippen molar-refractivity contribution in [3.05, 3.63) is 23.9 Å². The van der Waals surface area contributed by atoms with Crippen LogP contribution < -0.4 is 10.1 Å². The van der Waals surface area contributed by atoms with Gasteiger partial charge in [0.15, 0.2) is 0 Å². The molecule has 1 aliphatic rings. The fraction of sp³-hybridized carbons (Fsp3) is 0.417. The summed E-state index contributed by atoms with van der Waals surface area (Å²) in [7, 11) is 1.52. The molecule has 2 unspecified atom stereocenters. The first-order valence-corrected chi connectivity index (χ1v) is 5.61. The molecular formula is C12H14N2O4. The summed E-state index contributed by atoms with van der Waals surface area (Å²) >= 11 is 0. The van der Waals surface area contributed by atoms with Gasteiger partial charge in [0, 0.05) is 18.8 Å². The van der Waals surface area contributed by atoms with Crippen LogP contribution in [0, 0.1) is 11.8 Å². The molecule has 0 radical (unpaired) electrons. The van der Waals surface area contributed by atoms with E-state index in [9.17, 15) is 9.59 Å². The summed E-state index contributed by atoms with van der Waals surface area (Å²) in [6, 6.07) is 3.49. The molecule has 0 saturated heterocycles. The molecule has 1 saturated carbocycles. The molecule has 0 aliphatic heterocycles. The smallest absolute Gasteiger partial charge is 0.307 e. The Bertz CT molecular complexity index is 475. The standard InChI is InChI=1S/C12H14N2O4/c1-18-10-4-7(2-3-13-10)6-14-11(15)8-5-9(8)12(16)17/h2-4,8-9H,5-6H2,1H3,(H,14,15)(H,16,17). The lowest BCUT2D eigenvalue weighted by Crippen LogP contribution is -2.25. The fourth-order valence-electron chi connectivity index (χ4n) is 1.75. The van der Waals surface area contributed by atoms with Crippen molar-refractivity contribution < 1.29 is 19.4 Å². The maximum absolute atomic E-state index is 11.6. The van der Waals surface area contributed by atoms with Gasteiger partial charge in [0.25, 0.3) is 0 Å². The van der Waals surface area contributed by atoms with E-state index < -0.39 is 11.9 Å². The third-order valence-corrected chi connectivity index (χ3v) is 2.92. The Balaban J connectivity index is 1.84. The highest BCUT2D eigenvalue weighted by atomic mass is 16.5. The van der Waals surface area contributed by atoms with Gasteiger partial charge in [-0.05, 0) is 18.1 Å². The lowest BCUT2D eigenvalue weighted by Gasteiger charge is -2.05. The van der Waals surface area contributed by atoms with Crippen molar-refractivity contribution in [2.75, 3.05) is 7.11 Å². The van der Waals surface area contributed by atoms with E-state index in [1.165, 1.54) is 7.11 Å². The van der Waals surface area contributed by atoms with Crippen LogP contribution in [0.15, 0.2) is 18.3 Å². The molecule has 1 aromatic heterocycles. The predicted octanol–water partition coefficient (Wildman–Crippen LogP) is 0.427. The first kappa shape index (κ1) is 12.3. The van der Waals surface area contributed by atoms with Crippen molar-refractivity contribution in [3.8, 4) is 5.88 Å². The van der Waals surface area contributed by atoms with Crippen LogP contribution in [0.25, 0.3) is 0 Å². The second kappa shape index (κ2) is 5.03. The molecule has 1 fully saturated rings. The third kappa shape index (κ3) is 2.77. The van der Waals surface area contributed by atoms with Crippen molar-refractivity contribution in [1.82, 2.24) is 10.3 Å². The number of hydrogen-bond donors (Lipinski definition) is 2. The second-order valence-electron chi connectivity index (χ2n) is 4.21. The molecule has 1 aromatic rings. The van der Waals surface area contributed by atoms with E-state index in [1.807, 2.05) is 0 Å². The summed E-state index contributed by atoms with van der Waals surface area (Å²) in [6.07, 6.45) is 2.03. The van der Waals surface area contributed by atoms with Crippen LogP contribution >= 0.6 is 0 Å². The lowest BCUT2D eigenvalue weighted by molar-refractivity contribution is -0.140. The largest absolute Gasteiger partial charge is 0.481 e. The van der Waals surface area contributed by atoms with E-state index in [4.69, 9.17) is 9.84 Å². The number of rotatable bonds is 5. The summed E-state index contributed by atoms with van der Waals surface area (Å²) in [4.78, 5) is 26.2. The van der Waals surface area contributed by atoms with Crippen LogP contribution in [0.3, 0.4) is 0 Å². The Morgan fingerprint density at radius 3 is 2.94 bits per heavy atom. The van der Waals surface area contributed by atoms with E-state index in [-0.39, 0.29) is 11.8 Å². The highest BCUT2D eigenvalue weighted by Crippen LogP contribution is 2.38. The number of ether oxygens (including phenoxy) is 1. The first-order valence-electron chi connectivity index (χ1n) is 5.61. The van der Waals surface area contributed by atoms with Gasteiger partial charge in [0.1, 0.15) is 0 Å². The number of nitrogens with zero attached hydrogens (tertiary/aromatic N) is 1. The summed E-state index contributed by atoms with van der Waals surface area (Å²) in [6.45, 7) is 0.348. The third-order valence-electron chi connectivity index (χ3n) is 2.92. The molecule has 2 atom stereocenters. The molecule has 1 amide bonds. The van der Waals surface area contributed by atoms with Gasteiger partial charge in [-0.15, -0.1) is 0 Å². The Kier molecular flexibility index (Phi) is 3.45. The van der Waals surface area contributed by atoms with Crippen LogP contribution in [-0.2, 0) is 16.1 Å².